The first kappa shape index (κ1) is 25.2. The van der Waals surface area contributed by atoms with Crippen LogP contribution in [0.4, 0.5) is 0 Å². The number of carbonyl (C=O) groups excluding carboxylic acids is 1. The second kappa shape index (κ2) is 12.1. The van der Waals surface area contributed by atoms with E-state index in [9.17, 15) is 10.1 Å². The highest BCUT2D eigenvalue weighted by atomic mass is 79.9. The molecule has 3 rings (SSSR count). The lowest BCUT2D eigenvalue weighted by molar-refractivity contribution is -0.117. The molecule has 0 bridgehead atoms. The van der Waals surface area contributed by atoms with Gasteiger partial charge in [-0.25, -0.2) is 0 Å². The molecular formula is C26H22BrClN2O4. The molecule has 0 aliphatic heterocycles. The van der Waals surface area contributed by atoms with Crippen molar-refractivity contribution in [1.29, 1.82) is 5.26 Å². The van der Waals surface area contributed by atoms with Crippen molar-refractivity contribution in [3.05, 3.63) is 92.4 Å². The molecule has 3 aromatic carbocycles. The Hall–Kier alpha value is -3.47. The molecule has 174 valence electrons. The van der Waals surface area contributed by atoms with Crippen molar-refractivity contribution in [3.63, 3.8) is 0 Å². The van der Waals surface area contributed by atoms with Crippen molar-refractivity contribution >= 4 is 39.5 Å². The Balaban J connectivity index is 1.74. The zero-order chi connectivity index (χ0) is 24.5. The maximum absolute atomic E-state index is 12.6. The normalized spacial score (nSPS) is 10.9. The maximum atomic E-state index is 12.6. The van der Waals surface area contributed by atoms with Crippen LogP contribution in [0.5, 0.6) is 17.2 Å². The number of nitrogens with one attached hydrogen (secondary N) is 1. The number of hydrogen-bond acceptors (Lipinski definition) is 5. The van der Waals surface area contributed by atoms with Gasteiger partial charge in [-0.15, -0.1) is 0 Å². The van der Waals surface area contributed by atoms with Gasteiger partial charge >= 0.3 is 0 Å². The van der Waals surface area contributed by atoms with Gasteiger partial charge < -0.3 is 19.5 Å². The van der Waals surface area contributed by atoms with Gasteiger partial charge in [0.05, 0.1) is 18.7 Å². The van der Waals surface area contributed by atoms with Gasteiger partial charge in [0.2, 0.25) is 0 Å². The average molecular weight is 542 g/mol. The molecule has 0 spiro atoms. The SMILES string of the molecule is COc1ccc(CNC(=O)/C(C#N)=C/c2cc(Br)c(OCc3ccccc3Cl)c(OC)c2)cc1. The molecule has 0 aliphatic rings. The van der Waals surface area contributed by atoms with Crippen LogP contribution >= 0.6 is 27.5 Å². The number of hydrogen-bond donors (Lipinski definition) is 1. The Kier molecular flexibility index (Phi) is 8.97. The van der Waals surface area contributed by atoms with E-state index >= 15 is 0 Å². The molecule has 8 heteroatoms. The lowest BCUT2D eigenvalue weighted by Gasteiger charge is -2.14. The minimum atomic E-state index is -0.479. The van der Waals surface area contributed by atoms with E-state index in [0.29, 0.717) is 26.6 Å². The average Bonchev–Trinajstić information content (AvgIpc) is 2.86. The maximum Gasteiger partial charge on any atom is 0.262 e. The molecule has 1 amide bonds. The lowest BCUT2D eigenvalue weighted by atomic mass is 10.1. The minimum absolute atomic E-state index is 0.0350. The van der Waals surface area contributed by atoms with E-state index < -0.39 is 5.91 Å². The van der Waals surface area contributed by atoms with Crippen molar-refractivity contribution in [1.82, 2.24) is 5.32 Å². The molecule has 0 aromatic heterocycles. The summed E-state index contributed by atoms with van der Waals surface area (Å²) < 4.78 is 17.1. The number of halogens is 2. The van der Waals surface area contributed by atoms with Crippen molar-refractivity contribution in [2.45, 2.75) is 13.2 Å². The standard InChI is InChI=1S/C26H22BrClN2O4/c1-32-21-9-7-17(8-10-21)15-30-26(31)20(14-29)11-18-12-22(27)25(24(13-18)33-2)34-16-19-5-3-4-6-23(19)28/h3-13H,15-16H2,1-2H3,(H,30,31)/b20-11+. The zero-order valence-corrected chi connectivity index (χ0v) is 20.9. The summed E-state index contributed by atoms with van der Waals surface area (Å²) in [5.41, 5.74) is 2.29. The van der Waals surface area contributed by atoms with Gasteiger partial charge in [-0.2, -0.15) is 5.26 Å². The summed E-state index contributed by atoms with van der Waals surface area (Å²) in [7, 11) is 3.11. The highest BCUT2D eigenvalue weighted by molar-refractivity contribution is 9.10. The van der Waals surface area contributed by atoms with E-state index in [0.717, 1.165) is 16.9 Å². The molecule has 3 aromatic rings. The summed E-state index contributed by atoms with van der Waals surface area (Å²) in [5.74, 6) is 1.18. The van der Waals surface area contributed by atoms with Crippen LogP contribution in [0.2, 0.25) is 5.02 Å². The number of nitriles is 1. The Bertz CT molecular complexity index is 1240. The van der Waals surface area contributed by atoms with Gasteiger partial charge in [0.15, 0.2) is 11.5 Å². The molecule has 0 aliphatic carbocycles. The smallest absolute Gasteiger partial charge is 0.262 e. The summed E-state index contributed by atoms with van der Waals surface area (Å²) in [5, 5.41) is 12.9. The van der Waals surface area contributed by atoms with Gasteiger partial charge in [0.25, 0.3) is 5.91 Å². The van der Waals surface area contributed by atoms with Crippen molar-refractivity contribution in [3.8, 4) is 23.3 Å². The molecule has 0 saturated heterocycles. The molecule has 6 nitrogen and oxygen atoms in total. The quantitative estimate of drug-likeness (QED) is 0.269. The van der Waals surface area contributed by atoms with Crippen LogP contribution in [-0.2, 0) is 17.9 Å². The van der Waals surface area contributed by atoms with Crippen LogP contribution in [0.3, 0.4) is 0 Å². The van der Waals surface area contributed by atoms with Crippen LogP contribution in [0, 0.1) is 11.3 Å². The Morgan fingerprint density at radius 1 is 1.12 bits per heavy atom. The molecule has 0 unspecified atom stereocenters. The van der Waals surface area contributed by atoms with E-state index in [2.05, 4.69) is 21.2 Å². The van der Waals surface area contributed by atoms with Crippen LogP contribution in [0.25, 0.3) is 6.08 Å². The molecule has 0 atom stereocenters. The first-order chi connectivity index (χ1) is 16.4. The third-order valence-corrected chi connectivity index (χ3v) is 5.83. The summed E-state index contributed by atoms with van der Waals surface area (Å²) in [4.78, 5) is 12.6. The van der Waals surface area contributed by atoms with E-state index in [4.69, 9.17) is 25.8 Å². The van der Waals surface area contributed by atoms with Crippen LogP contribution in [0.15, 0.2) is 70.7 Å². The number of benzene rings is 3. The van der Waals surface area contributed by atoms with Gasteiger partial charge in [-0.1, -0.05) is 41.9 Å². The predicted molar refractivity (Wildman–Crippen MR) is 135 cm³/mol. The molecule has 0 fully saturated rings. The summed E-state index contributed by atoms with van der Waals surface area (Å²) >= 11 is 9.70. The van der Waals surface area contributed by atoms with Crippen LogP contribution < -0.4 is 19.5 Å². The van der Waals surface area contributed by atoms with Crippen molar-refractivity contribution < 1.29 is 19.0 Å². The Morgan fingerprint density at radius 3 is 2.50 bits per heavy atom. The number of nitrogens with zero attached hydrogens (tertiary/aromatic N) is 1. The van der Waals surface area contributed by atoms with Gasteiger partial charge in [0.1, 0.15) is 24.0 Å². The molecule has 0 radical (unpaired) electrons. The van der Waals surface area contributed by atoms with Crippen molar-refractivity contribution in [2.24, 2.45) is 0 Å². The molecule has 1 N–H and O–H groups in total. The number of ether oxygens (including phenoxy) is 3. The Morgan fingerprint density at radius 2 is 1.85 bits per heavy atom. The number of carbonyl (C=O) groups is 1. The highest BCUT2D eigenvalue weighted by Gasteiger charge is 2.14. The summed E-state index contributed by atoms with van der Waals surface area (Å²) in [6.07, 6.45) is 1.49. The highest BCUT2D eigenvalue weighted by Crippen LogP contribution is 2.38. The molecule has 0 saturated carbocycles. The molecule has 0 heterocycles. The number of methoxy groups -OCH3 is 2. The van der Waals surface area contributed by atoms with Crippen LogP contribution in [0.1, 0.15) is 16.7 Å². The fraction of sp³-hybridized carbons (Fsp3) is 0.154. The van der Waals surface area contributed by atoms with E-state index in [1.54, 1.807) is 25.3 Å². The second-order valence-electron chi connectivity index (χ2n) is 7.11. The van der Waals surface area contributed by atoms with Crippen molar-refractivity contribution in [2.75, 3.05) is 14.2 Å². The number of rotatable bonds is 9. The number of amides is 1. The summed E-state index contributed by atoms with van der Waals surface area (Å²) in [6, 6.07) is 20.1. The predicted octanol–water partition coefficient (Wildman–Crippen LogP) is 5.92. The Labute approximate surface area is 211 Å². The largest absolute Gasteiger partial charge is 0.497 e. The molecular weight excluding hydrogens is 520 g/mol. The molecule has 34 heavy (non-hydrogen) atoms. The summed E-state index contributed by atoms with van der Waals surface area (Å²) in [6.45, 7) is 0.532. The fourth-order valence-corrected chi connectivity index (χ4v) is 3.83. The lowest BCUT2D eigenvalue weighted by Crippen LogP contribution is -2.23. The first-order valence-corrected chi connectivity index (χ1v) is 11.4. The van der Waals surface area contributed by atoms with E-state index in [1.807, 2.05) is 48.5 Å². The zero-order valence-electron chi connectivity index (χ0n) is 18.6. The van der Waals surface area contributed by atoms with E-state index in [-0.39, 0.29) is 18.7 Å². The third kappa shape index (κ3) is 6.53. The van der Waals surface area contributed by atoms with Gasteiger partial charge in [-0.3, -0.25) is 4.79 Å². The minimum Gasteiger partial charge on any atom is -0.497 e. The van der Waals surface area contributed by atoms with Gasteiger partial charge in [-0.05, 0) is 63.5 Å². The van der Waals surface area contributed by atoms with Crippen LogP contribution in [-0.4, -0.2) is 20.1 Å². The fourth-order valence-electron chi connectivity index (χ4n) is 3.06. The second-order valence-corrected chi connectivity index (χ2v) is 8.38. The van der Waals surface area contributed by atoms with E-state index in [1.165, 1.54) is 13.2 Å². The topological polar surface area (TPSA) is 80.6 Å². The van der Waals surface area contributed by atoms with Gasteiger partial charge in [0, 0.05) is 17.1 Å². The third-order valence-electron chi connectivity index (χ3n) is 4.87. The first-order valence-electron chi connectivity index (χ1n) is 10.2. The monoisotopic (exact) mass is 540 g/mol.